The monoisotopic (exact) mass is 589 g/mol. The Morgan fingerprint density at radius 1 is 0.878 bits per heavy atom. The van der Waals surface area contributed by atoms with E-state index >= 15 is 0 Å². The van der Waals surface area contributed by atoms with Crippen LogP contribution in [0.3, 0.4) is 0 Å². The van der Waals surface area contributed by atoms with Gasteiger partial charge >= 0.3 is 0 Å². The predicted molar refractivity (Wildman–Crippen MR) is 154 cm³/mol. The summed E-state index contributed by atoms with van der Waals surface area (Å²) in [4.78, 5) is 7.24. The number of fused-ring (bicyclic) bond motifs is 3. The molecular weight excluding hydrogens is 558 g/mol. The molecule has 6 rings (SSSR count). The quantitative estimate of drug-likeness (QED) is 0.340. The second-order valence-electron chi connectivity index (χ2n) is 11.3. The first kappa shape index (κ1) is 29.1. The Balaban J connectivity index is 0.000000623. The molecule has 2 aliphatic heterocycles. The summed E-state index contributed by atoms with van der Waals surface area (Å²) in [6.45, 7) is 9.28. The topological polar surface area (TPSA) is 111 Å². The fourth-order valence-corrected chi connectivity index (χ4v) is 6.96. The van der Waals surface area contributed by atoms with E-state index in [0.717, 1.165) is 10.5 Å². The van der Waals surface area contributed by atoms with Crippen molar-refractivity contribution in [2.45, 2.75) is 38.5 Å². The highest BCUT2D eigenvalue weighted by molar-refractivity contribution is 7.21. The normalized spacial score (nSPS) is 18.2. The lowest BCUT2D eigenvalue weighted by molar-refractivity contribution is -2.00. The minimum atomic E-state index is -4.94. The molecule has 0 saturated heterocycles. The molecule has 9 heteroatoms. The van der Waals surface area contributed by atoms with E-state index in [2.05, 4.69) is 136 Å². The zero-order valence-electron chi connectivity index (χ0n) is 23.8. The van der Waals surface area contributed by atoms with Crippen molar-refractivity contribution >= 4 is 38.6 Å². The maximum absolute atomic E-state index is 8.49. The zero-order chi connectivity index (χ0) is 29.7. The van der Waals surface area contributed by atoms with Crippen LogP contribution in [0.1, 0.15) is 38.8 Å². The molecular formula is C32H32ClN3O4S. The van der Waals surface area contributed by atoms with E-state index in [-0.39, 0.29) is 10.8 Å². The highest BCUT2D eigenvalue weighted by Crippen LogP contribution is 2.48. The Kier molecular flexibility index (Phi) is 7.44. The molecule has 0 radical (unpaired) electrons. The van der Waals surface area contributed by atoms with Crippen LogP contribution in [0.15, 0.2) is 90.7 Å². The number of likely N-dealkylation sites (N-methyl/N-ethyl adjacent to an activating group) is 1. The van der Waals surface area contributed by atoms with E-state index in [0.29, 0.717) is 0 Å². The van der Waals surface area contributed by atoms with E-state index in [1.54, 1.807) is 11.3 Å². The zero-order valence-corrected chi connectivity index (χ0v) is 25.4. The summed E-state index contributed by atoms with van der Waals surface area (Å²) < 4.78 is 37.5. The van der Waals surface area contributed by atoms with E-state index in [4.69, 9.17) is 23.6 Å². The van der Waals surface area contributed by atoms with Crippen molar-refractivity contribution < 1.29 is 33.5 Å². The van der Waals surface area contributed by atoms with Gasteiger partial charge < -0.3 is 4.90 Å². The molecule has 212 valence electrons. The van der Waals surface area contributed by atoms with Crippen molar-refractivity contribution in [3.8, 4) is 10.6 Å². The van der Waals surface area contributed by atoms with Crippen LogP contribution in [0.5, 0.6) is 0 Å². The molecule has 0 unspecified atom stereocenters. The molecule has 2 aliphatic rings. The number of nitrogens with zero attached hydrogens (tertiary/aromatic N) is 3. The maximum atomic E-state index is 8.49. The van der Waals surface area contributed by atoms with Crippen molar-refractivity contribution in [3.05, 3.63) is 102 Å². The third-order valence-electron chi connectivity index (χ3n) is 8.02. The van der Waals surface area contributed by atoms with Crippen LogP contribution < -0.4 is 23.5 Å². The predicted octanol–water partition coefficient (Wildman–Crippen LogP) is 3.08. The number of hydrogen-bond acceptors (Lipinski definition) is 7. The summed E-state index contributed by atoms with van der Waals surface area (Å²) in [5.41, 5.74) is 10.0. The van der Waals surface area contributed by atoms with Crippen LogP contribution in [0.4, 0.5) is 11.4 Å². The number of anilines is 1. The van der Waals surface area contributed by atoms with E-state index in [9.17, 15) is 0 Å². The van der Waals surface area contributed by atoms with Gasteiger partial charge in [0, 0.05) is 47.1 Å². The van der Waals surface area contributed by atoms with Gasteiger partial charge in [0.05, 0.1) is 15.6 Å². The number of aromatic nitrogens is 1. The van der Waals surface area contributed by atoms with Crippen LogP contribution >= 0.6 is 11.3 Å². The molecule has 3 heterocycles. The summed E-state index contributed by atoms with van der Waals surface area (Å²) in [5.74, 6) is 0. The van der Waals surface area contributed by atoms with Gasteiger partial charge in [0.2, 0.25) is 5.69 Å². The Labute approximate surface area is 246 Å². The van der Waals surface area contributed by atoms with E-state index in [1.807, 2.05) is 0 Å². The molecule has 0 spiro atoms. The molecule has 4 aromatic rings. The summed E-state index contributed by atoms with van der Waals surface area (Å²) in [6.07, 6.45) is 6.80. The van der Waals surface area contributed by atoms with Gasteiger partial charge in [0.1, 0.15) is 12.1 Å². The van der Waals surface area contributed by atoms with Crippen LogP contribution in [0, 0.1) is 10.2 Å². The highest BCUT2D eigenvalue weighted by Gasteiger charge is 2.43. The number of allylic oxidation sites excluding steroid dienone is 4. The summed E-state index contributed by atoms with van der Waals surface area (Å²) in [6, 6.07) is 23.9. The summed E-state index contributed by atoms with van der Waals surface area (Å²) >= 11 is 1.76. The number of hydrogen-bond donors (Lipinski definition) is 0. The van der Waals surface area contributed by atoms with Crippen molar-refractivity contribution in [1.29, 1.82) is 0 Å². The Morgan fingerprint density at radius 3 is 2.22 bits per heavy atom. The SMILES string of the molecule is CN1/C(=C\C=C\C2=[N+](C)c3ccccc3C2(C)C)C(C)(C)c2cc(-c3nc4ccccc4s3)ccc21.[O-][Cl+3]([O-])([O-])[O-]. The number of benzene rings is 3. The number of halogens is 1. The fraction of sp³-hybridized carbons (Fsp3) is 0.250. The Hall–Kier alpha value is -3.37. The minimum Gasteiger partial charge on any atom is -0.347 e. The van der Waals surface area contributed by atoms with Gasteiger partial charge in [0.25, 0.3) is 0 Å². The van der Waals surface area contributed by atoms with Gasteiger partial charge in [-0.3, -0.25) is 0 Å². The van der Waals surface area contributed by atoms with Gasteiger partial charge in [-0.15, -0.1) is 21.6 Å². The first-order valence-electron chi connectivity index (χ1n) is 13.1. The van der Waals surface area contributed by atoms with Crippen LogP contribution in [0.2, 0.25) is 0 Å². The molecule has 7 nitrogen and oxygen atoms in total. The van der Waals surface area contributed by atoms with Crippen molar-refractivity contribution in [3.63, 3.8) is 0 Å². The van der Waals surface area contributed by atoms with Crippen molar-refractivity contribution in [2.24, 2.45) is 0 Å². The number of para-hydroxylation sites is 2. The standard InChI is InChI=1S/C32H32N3S.ClHO4/c1-31(2)22-12-7-9-14-25(22)34(5)28(31)16-11-17-29-32(3,4)23-20-21(18-19-26(23)35(29)6)30-33-24-13-8-10-15-27(24)36-30;2-1(3,4)5/h7-20H,1-6H3;(H,2,3,4,5)/q+1;/p-1. The van der Waals surface area contributed by atoms with Crippen LogP contribution in [-0.4, -0.2) is 29.4 Å². The summed E-state index contributed by atoms with van der Waals surface area (Å²) in [7, 11) is -0.593. The average Bonchev–Trinajstić information content (AvgIpc) is 3.48. The molecule has 1 aromatic heterocycles. The molecule has 0 aliphatic carbocycles. The van der Waals surface area contributed by atoms with Crippen LogP contribution in [-0.2, 0) is 10.8 Å². The van der Waals surface area contributed by atoms with Gasteiger partial charge in [-0.25, -0.2) is 23.6 Å². The first-order chi connectivity index (χ1) is 19.2. The molecule has 0 atom stereocenters. The second kappa shape index (κ2) is 10.5. The van der Waals surface area contributed by atoms with Crippen LogP contribution in [0.25, 0.3) is 20.8 Å². The second-order valence-corrected chi connectivity index (χ2v) is 13.1. The lowest BCUT2D eigenvalue weighted by Gasteiger charge is -2.23. The number of thiazole rings is 1. The molecule has 0 bridgehead atoms. The van der Waals surface area contributed by atoms with Gasteiger partial charge in [-0.2, -0.15) is 4.58 Å². The van der Waals surface area contributed by atoms with Crippen molar-refractivity contribution in [1.82, 2.24) is 4.98 Å². The molecule has 0 fully saturated rings. The van der Waals surface area contributed by atoms with E-state index < -0.39 is 10.2 Å². The largest absolute Gasteiger partial charge is 0.347 e. The Bertz CT molecular complexity index is 1690. The lowest BCUT2D eigenvalue weighted by Crippen LogP contribution is -2.68. The Morgan fingerprint density at radius 2 is 1.54 bits per heavy atom. The third-order valence-corrected chi connectivity index (χ3v) is 9.11. The maximum Gasteiger partial charge on any atom is 0.209 e. The van der Waals surface area contributed by atoms with E-state index in [1.165, 1.54) is 44.2 Å². The van der Waals surface area contributed by atoms with Crippen molar-refractivity contribution in [2.75, 3.05) is 19.0 Å². The highest BCUT2D eigenvalue weighted by atomic mass is 35.7. The smallest absolute Gasteiger partial charge is 0.209 e. The third kappa shape index (κ3) is 5.47. The fourth-order valence-electron chi connectivity index (χ4n) is 6.00. The molecule has 0 amide bonds. The molecule has 0 saturated carbocycles. The lowest BCUT2D eigenvalue weighted by atomic mass is 9.81. The van der Waals surface area contributed by atoms with Gasteiger partial charge in [-0.05, 0) is 55.8 Å². The molecule has 0 N–H and O–H groups in total. The minimum absolute atomic E-state index is 0.0213. The summed E-state index contributed by atoms with van der Waals surface area (Å²) in [5, 5.41) is 1.08. The van der Waals surface area contributed by atoms with Gasteiger partial charge in [0.15, 0.2) is 5.71 Å². The van der Waals surface area contributed by atoms with Gasteiger partial charge in [-0.1, -0.05) is 50.3 Å². The number of rotatable bonds is 3. The average molecular weight is 590 g/mol. The first-order valence-corrected chi connectivity index (χ1v) is 15.2. The molecule has 41 heavy (non-hydrogen) atoms. The molecule has 3 aromatic carbocycles.